The molecule has 0 amide bonds. The van der Waals surface area contributed by atoms with Gasteiger partial charge in [-0.3, -0.25) is 0 Å². The van der Waals surface area contributed by atoms with E-state index >= 15 is 0 Å². The van der Waals surface area contributed by atoms with Gasteiger partial charge in [-0.25, -0.2) is 9.97 Å². The molecule has 0 aliphatic rings. The van der Waals surface area contributed by atoms with Crippen LogP contribution >= 0.6 is 0 Å². The van der Waals surface area contributed by atoms with E-state index in [2.05, 4.69) is 29.1 Å². The fourth-order valence-corrected chi connectivity index (χ4v) is 1.82. The fraction of sp³-hybridized carbons (Fsp3) is 0.333. The highest BCUT2D eigenvalue weighted by Gasteiger charge is 2.06. The van der Waals surface area contributed by atoms with Crippen LogP contribution in [0.25, 0.3) is 0 Å². The minimum Gasteiger partial charge on any atom is -0.398 e. The van der Waals surface area contributed by atoms with Gasteiger partial charge in [0.25, 0.3) is 0 Å². The van der Waals surface area contributed by atoms with Crippen LogP contribution in [-0.4, -0.2) is 9.97 Å². The Morgan fingerprint density at radius 3 is 2.63 bits per heavy atom. The van der Waals surface area contributed by atoms with Gasteiger partial charge in [0, 0.05) is 29.9 Å². The summed E-state index contributed by atoms with van der Waals surface area (Å²) < 4.78 is 0. The Morgan fingerprint density at radius 1 is 1.21 bits per heavy atom. The van der Waals surface area contributed by atoms with Crippen LogP contribution in [0.2, 0.25) is 0 Å². The van der Waals surface area contributed by atoms with Gasteiger partial charge in [0.2, 0.25) is 0 Å². The van der Waals surface area contributed by atoms with Gasteiger partial charge in [0.15, 0.2) is 0 Å². The van der Waals surface area contributed by atoms with E-state index in [1.165, 1.54) is 0 Å². The first-order valence-electron chi connectivity index (χ1n) is 6.49. The summed E-state index contributed by atoms with van der Waals surface area (Å²) in [4.78, 5) is 8.94. The van der Waals surface area contributed by atoms with Crippen LogP contribution in [0.1, 0.15) is 36.8 Å². The van der Waals surface area contributed by atoms with Crippen LogP contribution in [0, 0.1) is 6.92 Å². The van der Waals surface area contributed by atoms with Crippen LogP contribution in [0.15, 0.2) is 30.3 Å². The Balaban J connectivity index is 2.14. The molecule has 1 aromatic heterocycles. The second-order valence-electron chi connectivity index (χ2n) is 4.96. The normalized spacial score (nSPS) is 10.7. The van der Waals surface area contributed by atoms with Gasteiger partial charge >= 0.3 is 0 Å². The summed E-state index contributed by atoms with van der Waals surface area (Å²) in [6, 6.07) is 9.79. The van der Waals surface area contributed by atoms with Gasteiger partial charge in [-0.15, -0.1) is 0 Å². The largest absolute Gasteiger partial charge is 0.398 e. The van der Waals surface area contributed by atoms with E-state index < -0.39 is 0 Å². The number of benzene rings is 1. The van der Waals surface area contributed by atoms with Crippen molar-refractivity contribution < 1.29 is 0 Å². The predicted octanol–water partition coefficient (Wildman–Crippen LogP) is 3.10. The Kier molecular flexibility index (Phi) is 4.00. The SMILES string of the molecule is Cc1cc(NCc2ccccc2N)nc(C(C)C)n1. The van der Waals surface area contributed by atoms with Crippen molar-refractivity contribution in [3.63, 3.8) is 0 Å². The standard InChI is InChI=1S/C15H20N4/c1-10(2)15-18-11(3)8-14(19-15)17-9-12-6-4-5-7-13(12)16/h4-8,10H,9,16H2,1-3H3,(H,17,18,19). The molecular weight excluding hydrogens is 236 g/mol. The van der Waals surface area contributed by atoms with Crippen LogP contribution in [-0.2, 0) is 6.54 Å². The van der Waals surface area contributed by atoms with Crippen molar-refractivity contribution in [1.82, 2.24) is 9.97 Å². The molecule has 100 valence electrons. The average molecular weight is 256 g/mol. The molecular formula is C15H20N4. The first kappa shape index (κ1) is 13.3. The molecule has 0 bridgehead atoms. The number of nitrogen functional groups attached to an aromatic ring is 1. The summed E-state index contributed by atoms with van der Waals surface area (Å²) in [6.45, 7) is 6.83. The molecule has 1 aromatic carbocycles. The summed E-state index contributed by atoms with van der Waals surface area (Å²) in [6.07, 6.45) is 0. The molecule has 0 aliphatic carbocycles. The lowest BCUT2D eigenvalue weighted by atomic mass is 10.2. The van der Waals surface area contributed by atoms with Crippen molar-refractivity contribution in [2.75, 3.05) is 11.1 Å². The molecule has 4 heteroatoms. The molecule has 3 N–H and O–H groups in total. The summed E-state index contributed by atoms with van der Waals surface area (Å²) in [5.74, 6) is 2.03. The molecule has 0 radical (unpaired) electrons. The number of nitrogens with one attached hydrogen (secondary N) is 1. The fourth-order valence-electron chi connectivity index (χ4n) is 1.82. The topological polar surface area (TPSA) is 63.8 Å². The lowest BCUT2D eigenvalue weighted by molar-refractivity contribution is 0.766. The van der Waals surface area contributed by atoms with E-state index in [4.69, 9.17) is 5.73 Å². The predicted molar refractivity (Wildman–Crippen MR) is 79.0 cm³/mol. The number of aryl methyl sites for hydroxylation is 1. The molecule has 0 fully saturated rings. The van der Waals surface area contributed by atoms with E-state index in [9.17, 15) is 0 Å². The quantitative estimate of drug-likeness (QED) is 0.825. The molecule has 19 heavy (non-hydrogen) atoms. The zero-order chi connectivity index (χ0) is 13.8. The summed E-state index contributed by atoms with van der Waals surface area (Å²) in [5.41, 5.74) is 8.76. The number of anilines is 2. The lowest BCUT2D eigenvalue weighted by Crippen LogP contribution is -2.07. The Labute approximate surface area is 114 Å². The third kappa shape index (κ3) is 3.44. The number of rotatable bonds is 4. The third-order valence-corrected chi connectivity index (χ3v) is 2.90. The van der Waals surface area contributed by atoms with E-state index in [0.717, 1.165) is 28.6 Å². The number of nitrogens with two attached hydrogens (primary N) is 1. The molecule has 0 aliphatic heterocycles. The van der Waals surface area contributed by atoms with Gasteiger partial charge in [-0.2, -0.15) is 0 Å². The highest BCUT2D eigenvalue weighted by atomic mass is 15.0. The minimum absolute atomic E-state index is 0.322. The molecule has 0 saturated carbocycles. The number of hydrogen-bond donors (Lipinski definition) is 2. The van der Waals surface area contributed by atoms with Crippen molar-refractivity contribution in [2.24, 2.45) is 0 Å². The molecule has 0 saturated heterocycles. The van der Waals surface area contributed by atoms with Crippen molar-refractivity contribution in [3.05, 3.63) is 47.4 Å². The number of aromatic nitrogens is 2. The first-order chi connectivity index (χ1) is 9.06. The van der Waals surface area contributed by atoms with Gasteiger partial charge in [-0.05, 0) is 18.6 Å². The molecule has 0 atom stereocenters. The second kappa shape index (κ2) is 5.69. The second-order valence-corrected chi connectivity index (χ2v) is 4.96. The maximum Gasteiger partial charge on any atom is 0.133 e. The van der Waals surface area contributed by atoms with E-state index in [1.807, 2.05) is 37.3 Å². The maximum absolute atomic E-state index is 5.92. The van der Waals surface area contributed by atoms with Gasteiger partial charge in [0.05, 0.1) is 0 Å². The number of nitrogens with zero attached hydrogens (tertiary/aromatic N) is 2. The Hall–Kier alpha value is -2.10. The zero-order valence-corrected chi connectivity index (χ0v) is 11.6. The number of para-hydroxylation sites is 1. The van der Waals surface area contributed by atoms with Crippen molar-refractivity contribution in [3.8, 4) is 0 Å². The summed E-state index contributed by atoms with van der Waals surface area (Å²) in [7, 11) is 0. The molecule has 4 nitrogen and oxygen atoms in total. The smallest absolute Gasteiger partial charge is 0.133 e. The van der Waals surface area contributed by atoms with Gasteiger partial charge in [0.1, 0.15) is 11.6 Å². The monoisotopic (exact) mass is 256 g/mol. The molecule has 2 aromatic rings. The first-order valence-corrected chi connectivity index (χ1v) is 6.49. The molecule has 0 spiro atoms. The van der Waals surface area contributed by atoms with Gasteiger partial charge < -0.3 is 11.1 Å². The number of hydrogen-bond acceptors (Lipinski definition) is 4. The van der Waals surface area contributed by atoms with Gasteiger partial charge in [-0.1, -0.05) is 32.0 Å². The summed E-state index contributed by atoms with van der Waals surface area (Å²) in [5, 5.41) is 3.31. The Morgan fingerprint density at radius 2 is 1.95 bits per heavy atom. The van der Waals surface area contributed by atoms with E-state index in [-0.39, 0.29) is 0 Å². The maximum atomic E-state index is 5.92. The lowest BCUT2D eigenvalue weighted by Gasteiger charge is -2.11. The highest BCUT2D eigenvalue weighted by Crippen LogP contribution is 2.16. The van der Waals surface area contributed by atoms with Crippen molar-refractivity contribution >= 4 is 11.5 Å². The third-order valence-electron chi connectivity index (χ3n) is 2.90. The minimum atomic E-state index is 0.322. The zero-order valence-electron chi connectivity index (χ0n) is 11.6. The van der Waals surface area contributed by atoms with Crippen LogP contribution in [0.4, 0.5) is 11.5 Å². The molecule has 1 heterocycles. The van der Waals surface area contributed by atoms with Crippen LogP contribution in [0.3, 0.4) is 0 Å². The average Bonchev–Trinajstić information content (AvgIpc) is 2.37. The van der Waals surface area contributed by atoms with Crippen LogP contribution in [0.5, 0.6) is 0 Å². The highest BCUT2D eigenvalue weighted by molar-refractivity contribution is 5.48. The Bertz CT molecular complexity index is 564. The van der Waals surface area contributed by atoms with Crippen LogP contribution < -0.4 is 11.1 Å². The van der Waals surface area contributed by atoms with Crippen molar-refractivity contribution in [1.29, 1.82) is 0 Å². The van der Waals surface area contributed by atoms with Crippen molar-refractivity contribution in [2.45, 2.75) is 33.2 Å². The van der Waals surface area contributed by atoms with E-state index in [0.29, 0.717) is 12.5 Å². The molecule has 0 unspecified atom stereocenters. The summed E-state index contributed by atoms with van der Waals surface area (Å²) >= 11 is 0. The van der Waals surface area contributed by atoms with E-state index in [1.54, 1.807) is 0 Å². The molecule has 2 rings (SSSR count).